The minimum atomic E-state index is -2.06. The van der Waals surface area contributed by atoms with Gasteiger partial charge in [-0.25, -0.2) is 0 Å². The van der Waals surface area contributed by atoms with Crippen molar-refractivity contribution < 1.29 is 18.4 Å². The lowest BCUT2D eigenvalue weighted by atomic mass is 10.2. The second kappa shape index (κ2) is 11.0. The number of hydrogen-bond acceptors (Lipinski definition) is 4. The number of rotatable bonds is 11. The van der Waals surface area contributed by atoms with Crippen molar-refractivity contribution in [1.29, 1.82) is 0 Å². The van der Waals surface area contributed by atoms with Crippen LogP contribution >= 0.6 is 11.6 Å². The first-order valence-corrected chi connectivity index (χ1v) is 16.1. The van der Waals surface area contributed by atoms with Crippen molar-refractivity contribution in [3.63, 3.8) is 0 Å². The number of alkyl halides is 1. The average Bonchev–Trinajstić information content (AvgIpc) is 3.13. The molecule has 0 spiro atoms. The van der Waals surface area contributed by atoms with E-state index in [1.807, 2.05) is 0 Å². The highest BCUT2D eigenvalue weighted by Gasteiger charge is 2.45. The molecule has 1 aliphatic heterocycles. The largest absolute Gasteiger partial charge is 0.518 e. The molecule has 0 unspecified atom stereocenters. The lowest BCUT2D eigenvalue weighted by Crippen LogP contribution is -2.47. The highest BCUT2D eigenvalue weighted by atomic mass is 35.5. The number of nitrogens with zero attached hydrogens (tertiary/aromatic N) is 1. The van der Waals surface area contributed by atoms with Crippen LogP contribution in [-0.2, 0) is 18.4 Å². The minimum Gasteiger partial charge on any atom is -0.518 e. The number of amides is 1. The van der Waals surface area contributed by atoms with E-state index in [4.69, 9.17) is 20.5 Å². The van der Waals surface area contributed by atoms with E-state index in [0.717, 1.165) is 36.3 Å². The Bertz CT molecular complexity index is 482. The zero-order valence-corrected chi connectivity index (χ0v) is 20.7. The van der Waals surface area contributed by atoms with Crippen LogP contribution in [0.4, 0.5) is 0 Å². The summed E-state index contributed by atoms with van der Waals surface area (Å²) in [6.45, 7) is 13.3. The van der Waals surface area contributed by atoms with Crippen LogP contribution in [0.1, 0.15) is 48.0 Å². The van der Waals surface area contributed by atoms with Crippen molar-refractivity contribution in [3.05, 3.63) is 0 Å². The third kappa shape index (κ3) is 5.81. The van der Waals surface area contributed by atoms with Crippen LogP contribution in [-0.4, -0.2) is 58.0 Å². The summed E-state index contributed by atoms with van der Waals surface area (Å²) in [6, 6.07) is 5.29. The Morgan fingerprint density at radius 2 is 1.41 bits per heavy atom. The molecule has 1 fully saturated rings. The lowest BCUT2D eigenvalue weighted by Gasteiger charge is -2.31. The summed E-state index contributed by atoms with van der Waals surface area (Å²) in [5, 5.41) is 0. The predicted octanol–water partition coefficient (Wildman–Crippen LogP) is 4.76. The maximum Gasteiger partial charge on any atom is 0.315 e. The number of carbonyl (C=O) groups is 2. The Hall–Kier alpha value is -0.376. The molecule has 1 aliphatic rings. The molecule has 1 rings (SSSR count). The monoisotopic (exact) mass is 435 g/mol. The molecule has 1 saturated heterocycles. The number of likely N-dealkylation sites (tertiary alicyclic amines) is 1. The van der Waals surface area contributed by atoms with Crippen molar-refractivity contribution in [2.24, 2.45) is 0 Å². The third-order valence-electron chi connectivity index (χ3n) is 6.57. The van der Waals surface area contributed by atoms with E-state index in [2.05, 4.69) is 41.5 Å². The summed E-state index contributed by atoms with van der Waals surface area (Å²) < 4.78 is 12.6. The first-order valence-electron chi connectivity index (χ1n) is 10.6. The van der Waals surface area contributed by atoms with Gasteiger partial charge >= 0.3 is 5.97 Å². The maximum atomic E-state index is 13.0. The van der Waals surface area contributed by atoms with Crippen molar-refractivity contribution in [3.8, 4) is 0 Å². The molecule has 1 heterocycles. The number of halogens is 1. The third-order valence-corrected chi connectivity index (χ3v) is 16.0. The van der Waals surface area contributed by atoms with Crippen molar-refractivity contribution in [1.82, 2.24) is 4.90 Å². The summed E-state index contributed by atoms with van der Waals surface area (Å²) in [6.07, 6.45) is 0.430. The van der Waals surface area contributed by atoms with Gasteiger partial charge in [-0.2, -0.15) is 0 Å². The van der Waals surface area contributed by atoms with Gasteiger partial charge in [0.1, 0.15) is 11.9 Å². The Morgan fingerprint density at radius 3 is 1.81 bits per heavy atom. The van der Waals surface area contributed by atoms with Crippen LogP contribution in [0.15, 0.2) is 0 Å². The second-order valence-electron chi connectivity index (χ2n) is 7.58. The molecule has 2 atom stereocenters. The zero-order chi connectivity index (χ0) is 20.7. The van der Waals surface area contributed by atoms with Crippen LogP contribution in [0.5, 0.6) is 0 Å². The molecule has 0 aromatic rings. The number of carbonyl (C=O) groups excluding carboxylic acids is 2. The van der Waals surface area contributed by atoms with Crippen LogP contribution in [0.25, 0.3) is 0 Å². The molecule has 0 N–H and O–H groups in total. The molecule has 27 heavy (non-hydrogen) atoms. The van der Waals surface area contributed by atoms with E-state index >= 15 is 0 Å². The van der Waals surface area contributed by atoms with Gasteiger partial charge in [0.05, 0.1) is 6.10 Å². The minimum absolute atomic E-state index is 0.0952. The zero-order valence-electron chi connectivity index (χ0n) is 18.0. The van der Waals surface area contributed by atoms with Gasteiger partial charge in [0, 0.05) is 13.0 Å². The second-order valence-corrected chi connectivity index (χ2v) is 17.3. The molecule has 0 aromatic heterocycles. The van der Waals surface area contributed by atoms with Gasteiger partial charge < -0.3 is 13.8 Å². The van der Waals surface area contributed by atoms with E-state index in [9.17, 15) is 9.59 Å². The standard InChI is InChI=1S/C19H38ClNO4Si2/c1-7-26(8-2,9-3)24-16-13-17(21(15-16)18(22)14-20)19(23)25-27(10-4,11-5)12-6/h16-17H,7-15H2,1-6H3/t16-,17+/m1/s1. The Kier molecular flexibility index (Phi) is 10.0. The van der Waals surface area contributed by atoms with Crippen molar-refractivity contribution in [2.75, 3.05) is 12.4 Å². The quantitative estimate of drug-likeness (QED) is 0.346. The van der Waals surface area contributed by atoms with E-state index in [1.165, 1.54) is 0 Å². The van der Waals surface area contributed by atoms with Gasteiger partial charge in [0.15, 0.2) is 8.32 Å². The first kappa shape index (κ1) is 24.7. The molecule has 0 saturated carbocycles. The fourth-order valence-electron chi connectivity index (χ4n) is 4.06. The van der Waals surface area contributed by atoms with Gasteiger partial charge in [-0.3, -0.25) is 9.59 Å². The summed E-state index contributed by atoms with van der Waals surface area (Å²) in [7, 11) is -3.87. The Balaban J connectivity index is 2.99. The molecule has 8 heteroatoms. The predicted molar refractivity (Wildman–Crippen MR) is 116 cm³/mol. The molecule has 0 radical (unpaired) electrons. The van der Waals surface area contributed by atoms with Crippen LogP contribution in [0.3, 0.4) is 0 Å². The summed E-state index contributed by atoms with van der Waals surface area (Å²) >= 11 is 5.81. The normalized spacial score (nSPS) is 20.8. The van der Waals surface area contributed by atoms with Crippen LogP contribution in [0, 0.1) is 0 Å². The summed E-state index contributed by atoms with van der Waals surface area (Å²) in [5.41, 5.74) is 0. The first-order chi connectivity index (χ1) is 12.8. The summed E-state index contributed by atoms with van der Waals surface area (Å²) in [4.78, 5) is 27.0. The van der Waals surface area contributed by atoms with Gasteiger partial charge in [-0.05, 0) is 36.3 Å². The maximum absolute atomic E-state index is 13.0. The molecular formula is C19H38ClNO4Si2. The fourth-order valence-corrected chi connectivity index (χ4v) is 9.59. The SMILES string of the molecule is CC[Si](CC)(CC)OC(=O)[C@@H]1C[C@@H](O[Si](CC)(CC)CC)CN1C(=O)CCl. The Labute approximate surface area is 172 Å². The smallest absolute Gasteiger partial charge is 0.315 e. The highest BCUT2D eigenvalue weighted by molar-refractivity contribution is 6.75. The molecule has 5 nitrogen and oxygen atoms in total. The van der Waals surface area contributed by atoms with Crippen molar-refractivity contribution >= 4 is 40.1 Å². The van der Waals surface area contributed by atoms with Gasteiger partial charge in [0.25, 0.3) is 8.32 Å². The molecule has 0 bridgehead atoms. The lowest BCUT2D eigenvalue weighted by molar-refractivity contribution is -0.145. The van der Waals surface area contributed by atoms with Crippen LogP contribution < -0.4 is 0 Å². The molecule has 1 amide bonds. The van der Waals surface area contributed by atoms with Gasteiger partial charge in [-0.15, -0.1) is 11.6 Å². The number of hydrogen-bond donors (Lipinski definition) is 0. The average molecular weight is 436 g/mol. The molecule has 0 aliphatic carbocycles. The van der Waals surface area contributed by atoms with Gasteiger partial charge in [-0.1, -0.05) is 41.5 Å². The topological polar surface area (TPSA) is 55.8 Å². The van der Waals surface area contributed by atoms with Crippen molar-refractivity contribution in [2.45, 2.75) is 96.4 Å². The molecule has 158 valence electrons. The fraction of sp³-hybridized carbons (Fsp3) is 0.895. The van der Waals surface area contributed by atoms with E-state index < -0.39 is 22.7 Å². The Morgan fingerprint density at radius 1 is 0.926 bits per heavy atom. The molecule has 0 aromatic carbocycles. The van der Waals surface area contributed by atoms with Gasteiger partial charge in [0.2, 0.25) is 5.91 Å². The van der Waals surface area contributed by atoms with E-state index in [0.29, 0.717) is 13.0 Å². The van der Waals surface area contributed by atoms with E-state index in [1.54, 1.807) is 4.90 Å². The molecular weight excluding hydrogens is 398 g/mol. The highest BCUT2D eigenvalue weighted by Crippen LogP contribution is 2.31. The van der Waals surface area contributed by atoms with Crippen LogP contribution in [0.2, 0.25) is 36.3 Å². The summed E-state index contributed by atoms with van der Waals surface area (Å²) in [5.74, 6) is -0.585. The van der Waals surface area contributed by atoms with E-state index in [-0.39, 0.29) is 23.9 Å².